The number of ether oxygens (including phenoxy) is 3. The number of likely N-dealkylation sites (tertiary alicyclic amines) is 1. The van der Waals surface area contributed by atoms with E-state index in [0.717, 1.165) is 19.4 Å². The van der Waals surface area contributed by atoms with E-state index in [1.54, 1.807) is 18.2 Å². The third kappa shape index (κ3) is 3.79. The fourth-order valence-electron chi connectivity index (χ4n) is 4.27. The van der Waals surface area contributed by atoms with Crippen molar-refractivity contribution < 1.29 is 23.8 Å². The van der Waals surface area contributed by atoms with Crippen LogP contribution in [0.15, 0.2) is 18.2 Å². The SMILES string of the molecule is COc1cccc(OC)c1C(=O)OCC(=O)N1CCC[C@@H]2CCCC[C@H]21. The van der Waals surface area contributed by atoms with Gasteiger partial charge in [-0.1, -0.05) is 18.9 Å². The van der Waals surface area contributed by atoms with Crippen molar-refractivity contribution in [1.29, 1.82) is 0 Å². The Bertz CT molecular complexity index is 635. The summed E-state index contributed by atoms with van der Waals surface area (Å²) in [6, 6.07) is 5.37. The molecule has 1 aromatic rings. The fraction of sp³-hybridized carbons (Fsp3) is 0.600. The Balaban J connectivity index is 1.65. The standard InChI is InChI=1S/C20H27NO5/c1-24-16-10-5-11-17(25-2)19(16)20(23)26-13-18(22)21-12-6-8-14-7-3-4-9-15(14)21/h5,10-11,14-15H,3-4,6-9,12-13H2,1-2H3/t14-,15+/m0/s1. The number of esters is 1. The Hall–Kier alpha value is -2.24. The summed E-state index contributed by atoms with van der Waals surface area (Å²) in [5.74, 6) is 0.624. The van der Waals surface area contributed by atoms with E-state index in [2.05, 4.69) is 0 Å². The van der Waals surface area contributed by atoms with E-state index in [1.165, 1.54) is 39.9 Å². The molecule has 26 heavy (non-hydrogen) atoms. The number of hydrogen-bond acceptors (Lipinski definition) is 5. The molecule has 0 aromatic heterocycles. The van der Waals surface area contributed by atoms with Crippen LogP contribution in [-0.4, -0.2) is 50.2 Å². The summed E-state index contributed by atoms with van der Waals surface area (Å²) in [4.78, 5) is 27.1. The summed E-state index contributed by atoms with van der Waals surface area (Å²) in [6.45, 7) is 0.513. The molecule has 2 aliphatic rings. The number of fused-ring (bicyclic) bond motifs is 1. The summed E-state index contributed by atoms with van der Waals surface area (Å²) >= 11 is 0. The van der Waals surface area contributed by atoms with Crippen molar-refractivity contribution in [1.82, 2.24) is 4.90 Å². The van der Waals surface area contributed by atoms with E-state index in [4.69, 9.17) is 14.2 Å². The first kappa shape index (κ1) is 18.5. The minimum Gasteiger partial charge on any atom is -0.496 e. The van der Waals surface area contributed by atoms with E-state index < -0.39 is 5.97 Å². The van der Waals surface area contributed by atoms with Gasteiger partial charge in [-0.05, 0) is 43.7 Å². The number of hydrogen-bond donors (Lipinski definition) is 0. The smallest absolute Gasteiger partial charge is 0.346 e. The maximum atomic E-state index is 12.7. The fourth-order valence-corrected chi connectivity index (χ4v) is 4.27. The average molecular weight is 361 g/mol. The van der Waals surface area contributed by atoms with Crippen molar-refractivity contribution in [2.45, 2.75) is 44.6 Å². The molecule has 2 atom stereocenters. The number of methoxy groups -OCH3 is 2. The van der Waals surface area contributed by atoms with Crippen molar-refractivity contribution in [3.63, 3.8) is 0 Å². The van der Waals surface area contributed by atoms with Gasteiger partial charge < -0.3 is 19.1 Å². The number of rotatable bonds is 5. The van der Waals surface area contributed by atoms with Gasteiger partial charge in [0.15, 0.2) is 6.61 Å². The zero-order valence-corrected chi connectivity index (χ0v) is 15.5. The molecule has 142 valence electrons. The largest absolute Gasteiger partial charge is 0.496 e. The predicted molar refractivity (Wildman–Crippen MR) is 96.5 cm³/mol. The Labute approximate surface area is 154 Å². The second-order valence-corrected chi connectivity index (χ2v) is 6.95. The van der Waals surface area contributed by atoms with Crippen LogP contribution in [0.5, 0.6) is 11.5 Å². The second kappa shape index (κ2) is 8.43. The van der Waals surface area contributed by atoms with Crippen molar-refractivity contribution in [2.75, 3.05) is 27.4 Å². The Morgan fingerprint density at radius 3 is 2.38 bits per heavy atom. The van der Waals surface area contributed by atoms with E-state index in [-0.39, 0.29) is 18.1 Å². The number of amides is 1. The third-order valence-corrected chi connectivity index (χ3v) is 5.52. The highest BCUT2D eigenvalue weighted by atomic mass is 16.5. The van der Waals surface area contributed by atoms with Crippen LogP contribution in [0.4, 0.5) is 0 Å². The van der Waals surface area contributed by atoms with Crippen LogP contribution in [-0.2, 0) is 9.53 Å². The zero-order chi connectivity index (χ0) is 18.5. The van der Waals surface area contributed by atoms with E-state index in [9.17, 15) is 9.59 Å². The summed E-state index contributed by atoms with van der Waals surface area (Å²) < 4.78 is 15.8. The van der Waals surface area contributed by atoms with Crippen LogP contribution in [0.25, 0.3) is 0 Å². The van der Waals surface area contributed by atoms with Gasteiger partial charge in [0.1, 0.15) is 17.1 Å². The summed E-state index contributed by atoms with van der Waals surface area (Å²) in [7, 11) is 2.96. The minimum atomic E-state index is -0.607. The number of piperidine rings is 1. The molecule has 0 spiro atoms. The van der Waals surface area contributed by atoms with Gasteiger partial charge in [0.05, 0.1) is 14.2 Å². The van der Waals surface area contributed by atoms with Crippen molar-refractivity contribution in [3.05, 3.63) is 23.8 Å². The normalized spacial score (nSPS) is 22.3. The lowest BCUT2D eigenvalue weighted by molar-refractivity contribution is -0.140. The molecule has 6 nitrogen and oxygen atoms in total. The quantitative estimate of drug-likeness (QED) is 0.754. The van der Waals surface area contributed by atoms with Crippen LogP contribution in [0.1, 0.15) is 48.9 Å². The first-order valence-corrected chi connectivity index (χ1v) is 9.33. The summed E-state index contributed by atoms with van der Waals surface area (Å²) in [5.41, 5.74) is 0.208. The molecule has 1 saturated carbocycles. The molecule has 0 bridgehead atoms. The number of benzene rings is 1. The lowest BCUT2D eigenvalue weighted by Gasteiger charge is -2.44. The molecule has 1 aromatic carbocycles. The van der Waals surface area contributed by atoms with Gasteiger partial charge in [-0.2, -0.15) is 0 Å². The lowest BCUT2D eigenvalue weighted by atomic mass is 9.78. The maximum Gasteiger partial charge on any atom is 0.346 e. The predicted octanol–water partition coefficient (Wildman–Crippen LogP) is 3.04. The van der Waals surface area contributed by atoms with Gasteiger partial charge in [-0.25, -0.2) is 4.79 Å². The van der Waals surface area contributed by atoms with E-state index >= 15 is 0 Å². The lowest BCUT2D eigenvalue weighted by Crippen LogP contribution is -2.50. The van der Waals surface area contributed by atoms with Crippen LogP contribution >= 0.6 is 0 Å². The molecule has 0 unspecified atom stereocenters. The molecular weight excluding hydrogens is 334 g/mol. The van der Waals surface area contributed by atoms with Gasteiger partial charge in [0.2, 0.25) is 0 Å². The third-order valence-electron chi connectivity index (χ3n) is 5.52. The van der Waals surface area contributed by atoms with Gasteiger partial charge in [-0.15, -0.1) is 0 Å². The number of carbonyl (C=O) groups is 2. The average Bonchev–Trinajstić information content (AvgIpc) is 2.70. The Morgan fingerprint density at radius 1 is 1.04 bits per heavy atom. The van der Waals surface area contributed by atoms with E-state index in [0.29, 0.717) is 23.5 Å². The monoisotopic (exact) mass is 361 g/mol. The highest BCUT2D eigenvalue weighted by molar-refractivity contribution is 5.96. The van der Waals surface area contributed by atoms with Gasteiger partial charge in [0.25, 0.3) is 5.91 Å². The van der Waals surface area contributed by atoms with Crippen molar-refractivity contribution in [3.8, 4) is 11.5 Å². The molecule has 2 fully saturated rings. The number of carbonyl (C=O) groups excluding carboxylic acids is 2. The highest BCUT2D eigenvalue weighted by Crippen LogP contribution is 2.35. The van der Waals surface area contributed by atoms with Crippen molar-refractivity contribution >= 4 is 11.9 Å². The molecule has 6 heteroatoms. The molecular formula is C20H27NO5. The summed E-state index contributed by atoms with van der Waals surface area (Å²) in [6.07, 6.45) is 6.92. The summed E-state index contributed by atoms with van der Waals surface area (Å²) in [5, 5.41) is 0. The zero-order valence-electron chi connectivity index (χ0n) is 15.5. The molecule has 0 N–H and O–H groups in total. The second-order valence-electron chi connectivity index (χ2n) is 6.95. The molecule has 3 rings (SSSR count). The maximum absolute atomic E-state index is 12.7. The molecule has 1 aliphatic carbocycles. The molecule has 1 aliphatic heterocycles. The van der Waals surface area contributed by atoms with Crippen LogP contribution in [0.2, 0.25) is 0 Å². The van der Waals surface area contributed by atoms with E-state index in [1.807, 2.05) is 4.90 Å². The Morgan fingerprint density at radius 2 is 1.69 bits per heavy atom. The van der Waals surface area contributed by atoms with Crippen molar-refractivity contribution in [2.24, 2.45) is 5.92 Å². The highest BCUT2D eigenvalue weighted by Gasteiger charge is 2.36. The topological polar surface area (TPSA) is 65.1 Å². The first-order valence-electron chi connectivity index (χ1n) is 9.33. The first-order chi connectivity index (χ1) is 12.7. The van der Waals surface area contributed by atoms with Gasteiger partial charge in [0, 0.05) is 12.6 Å². The molecule has 1 heterocycles. The molecule has 1 saturated heterocycles. The van der Waals surface area contributed by atoms with Crippen LogP contribution in [0, 0.1) is 5.92 Å². The molecule has 0 radical (unpaired) electrons. The van der Waals surface area contributed by atoms with Gasteiger partial charge >= 0.3 is 5.97 Å². The van der Waals surface area contributed by atoms with Crippen LogP contribution < -0.4 is 9.47 Å². The molecule has 1 amide bonds. The Kier molecular flexibility index (Phi) is 6.01. The number of nitrogens with zero attached hydrogens (tertiary/aromatic N) is 1. The van der Waals surface area contributed by atoms with Crippen LogP contribution in [0.3, 0.4) is 0 Å². The van der Waals surface area contributed by atoms with Gasteiger partial charge in [-0.3, -0.25) is 4.79 Å². The minimum absolute atomic E-state index is 0.108.